The number of nitrogens with one attached hydrogen (secondary N) is 1. The number of anilines is 1. The Morgan fingerprint density at radius 1 is 1.28 bits per heavy atom. The highest BCUT2D eigenvalue weighted by atomic mass is 19.4. The van der Waals surface area contributed by atoms with E-state index in [2.05, 4.69) is 5.43 Å². The predicted octanol–water partition coefficient (Wildman–Crippen LogP) is 2.49. The van der Waals surface area contributed by atoms with Crippen LogP contribution >= 0.6 is 0 Å². The molecule has 2 unspecified atom stereocenters. The third-order valence-corrected chi connectivity index (χ3v) is 3.02. The van der Waals surface area contributed by atoms with Crippen molar-refractivity contribution < 1.29 is 18.0 Å². The van der Waals surface area contributed by atoms with Crippen LogP contribution in [0, 0.1) is 5.92 Å². The lowest BCUT2D eigenvalue weighted by Crippen LogP contribution is -2.45. The number of carbonyl (C=O) groups is 1. The maximum atomic E-state index is 12.8. The largest absolute Gasteiger partial charge is 0.406 e. The molecule has 1 fully saturated rings. The van der Waals surface area contributed by atoms with Gasteiger partial charge < -0.3 is 0 Å². The smallest absolute Gasteiger partial charge is 0.273 e. The van der Waals surface area contributed by atoms with Gasteiger partial charge in [0.25, 0.3) is 0 Å². The summed E-state index contributed by atoms with van der Waals surface area (Å²) in [6, 6.07) is 6.46. The van der Waals surface area contributed by atoms with Crippen LogP contribution in [0.3, 0.4) is 0 Å². The van der Waals surface area contributed by atoms with E-state index in [-0.39, 0.29) is 6.42 Å². The molecule has 0 radical (unpaired) electrons. The SMILES string of the molecule is CCC1C(=O)N(c2ccccc2)NC1C(F)(F)F. The minimum Gasteiger partial charge on any atom is -0.273 e. The maximum Gasteiger partial charge on any atom is 0.406 e. The molecule has 1 aliphatic heterocycles. The Balaban J connectivity index is 2.29. The number of hydrogen-bond donors (Lipinski definition) is 1. The third kappa shape index (κ3) is 2.20. The molecule has 0 spiro atoms. The number of hydrogen-bond acceptors (Lipinski definition) is 2. The van der Waals surface area contributed by atoms with Crippen LogP contribution < -0.4 is 10.4 Å². The number of hydrazine groups is 1. The third-order valence-electron chi connectivity index (χ3n) is 3.02. The number of halogens is 3. The van der Waals surface area contributed by atoms with E-state index in [1.165, 1.54) is 0 Å². The highest BCUT2D eigenvalue weighted by Gasteiger charge is 2.53. The molecule has 1 aromatic carbocycles. The Bertz CT molecular complexity index is 433. The molecule has 1 heterocycles. The lowest BCUT2D eigenvalue weighted by atomic mass is 9.98. The summed E-state index contributed by atoms with van der Waals surface area (Å²) < 4.78 is 38.5. The van der Waals surface area contributed by atoms with Gasteiger partial charge in [-0.3, -0.25) is 4.79 Å². The van der Waals surface area contributed by atoms with Crippen LogP contribution in [0.4, 0.5) is 18.9 Å². The first-order chi connectivity index (χ1) is 8.45. The van der Waals surface area contributed by atoms with Crippen molar-refractivity contribution in [1.29, 1.82) is 0 Å². The lowest BCUT2D eigenvalue weighted by Gasteiger charge is -2.20. The van der Waals surface area contributed by atoms with Crippen LogP contribution in [0.15, 0.2) is 30.3 Å². The zero-order chi connectivity index (χ0) is 13.3. The van der Waals surface area contributed by atoms with Crippen LogP contribution in [-0.4, -0.2) is 18.1 Å². The summed E-state index contributed by atoms with van der Waals surface area (Å²) in [5.41, 5.74) is 2.68. The monoisotopic (exact) mass is 258 g/mol. The normalized spacial score (nSPS) is 24.7. The molecule has 1 saturated heterocycles. The minimum absolute atomic E-state index is 0.152. The fraction of sp³-hybridized carbons (Fsp3) is 0.417. The molecule has 0 saturated carbocycles. The van der Waals surface area contributed by atoms with Crippen LogP contribution in [0.2, 0.25) is 0 Å². The van der Waals surface area contributed by atoms with Gasteiger partial charge in [-0.2, -0.15) is 13.2 Å². The summed E-state index contributed by atoms with van der Waals surface area (Å²) in [5.74, 6) is -1.60. The number of para-hydroxylation sites is 1. The second-order valence-corrected chi connectivity index (χ2v) is 4.17. The Morgan fingerprint density at radius 2 is 1.89 bits per heavy atom. The Hall–Kier alpha value is -1.56. The molecule has 98 valence electrons. The molecular weight excluding hydrogens is 245 g/mol. The van der Waals surface area contributed by atoms with E-state index in [0.29, 0.717) is 5.69 Å². The van der Waals surface area contributed by atoms with Crippen molar-refractivity contribution in [2.24, 2.45) is 5.92 Å². The van der Waals surface area contributed by atoms with Crippen molar-refractivity contribution in [2.45, 2.75) is 25.6 Å². The van der Waals surface area contributed by atoms with Crippen molar-refractivity contribution in [3.63, 3.8) is 0 Å². The van der Waals surface area contributed by atoms with Gasteiger partial charge in [0.05, 0.1) is 11.6 Å². The van der Waals surface area contributed by atoms with Crippen LogP contribution in [0.5, 0.6) is 0 Å². The molecule has 1 aromatic rings. The molecule has 6 heteroatoms. The first kappa shape index (κ1) is 12.9. The van der Waals surface area contributed by atoms with Crippen molar-refractivity contribution in [1.82, 2.24) is 5.43 Å². The fourth-order valence-electron chi connectivity index (χ4n) is 2.09. The van der Waals surface area contributed by atoms with E-state index in [1.54, 1.807) is 37.3 Å². The summed E-state index contributed by atoms with van der Waals surface area (Å²) in [6.07, 6.45) is -4.28. The number of carbonyl (C=O) groups excluding carboxylic acids is 1. The Kier molecular flexibility index (Phi) is 3.30. The molecule has 0 bridgehead atoms. The average Bonchev–Trinajstić information content (AvgIpc) is 2.67. The molecule has 2 rings (SSSR count). The second kappa shape index (κ2) is 4.61. The second-order valence-electron chi connectivity index (χ2n) is 4.17. The summed E-state index contributed by atoms with van der Waals surface area (Å²) in [5, 5.41) is 0.992. The molecule has 1 aliphatic rings. The zero-order valence-corrected chi connectivity index (χ0v) is 9.74. The van der Waals surface area contributed by atoms with Gasteiger partial charge in [-0.1, -0.05) is 25.1 Å². The standard InChI is InChI=1S/C12H13F3N2O/c1-2-9-10(12(13,14)15)16-17(11(9)18)8-6-4-3-5-7-8/h3-7,9-10,16H,2H2,1H3. The van der Waals surface area contributed by atoms with Gasteiger partial charge in [0.1, 0.15) is 6.04 Å². The molecule has 2 atom stereocenters. The van der Waals surface area contributed by atoms with Crippen LogP contribution in [0.25, 0.3) is 0 Å². The quantitative estimate of drug-likeness (QED) is 0.884. The van der Waals surface area contributed by atoms with Gasteiger partial charge >= 0.3 is 6.18 Å². The molecule has 0 aromatic heterocycles. The number of amides is 1. The summed E-state index contributed by atoms with van der Waals surface area (Å²) in [7, 11) is 0. The van der Waals surface area contributed by atoms with E-state index in [4.69, 9.17) is 0 Å². The number of rotatable bonds is 2. The molecular formula is C12H13F3N2O. The van der Waals surface area contributed by atoms with Crippen molar-refractivity contribution >= 4 is 11.6 Å². The average molecular weight is 258 g/mol. The molecule has 18 heavy (non-hydrogen) atoms. The van der Waals surface area contributed by atoms with Crippen LogP contribution in [-0.2, 0) is 4.79 Å². The number of benzene rings is 1. The van der Waals surface area contributed by atoms with Gasteiger partial charge in [-0.25, -0.2) is 10.4 Å². The van der Waals surface area contributed by atoms with Gasteiger partial charge in [0, 0.05) is 0 Å². The van der Waals surface area contributed by atoms with Crippen molar-refractivity contribution in [3.05, 3.63) is 30.3 Å². The summed E-state index contributed by atoms with van der Waals surface area (Å²) >= 11 is 0. The first-order valence-electron chi connectivity index (χ1n) is 5.67. The fourth-order valence-corrected chi connectivity index (χ4v) is 2.09. The van der Waals surface area contributed by atoms with Gasteiger partial charge in [0.2, 0.25) is 5.91 Å². The maximum absolute atomic E-state index is 12.8. The molecule has 3 nitrogen and oxygen atoms in total. The van der Waals surface area contributed by atoms with Gasteiger partial charge in [0.15, 0.2) is 0 Å². The predicted molar refractivity (Wildman–Crippen MR) is 60.7 cm³/mol. The number of nitrogens with zero attached hydrogens (tertiary/aromatic N) is 1. The van der Waals surface area contributed by atoms with Gasteiger partial charge in [-0.05, 0) is 18.6 Å². The summed E-state index contributed by atoms with van der Waals surface area (Å²) in [4.78, 5) is 12.0. The Labute approximate surface area is 103 Å². The highest BCUT2D eigenvalue weighted by Crippen LogP contribution is 2.34. The van der Waals surface area contributed by atoms with E-state index in [0.717, 1.165) is 5.01 Å². The van der Waals surface area contributed by atoms with E-state index >= 15 is 0 Å². The van der Waals surface area contributed by atoms with E-state index in [1.807, 2.05) is 0 Å². The topological polar surface area (TPSA) is 32.3 Å². The van der Waals surface area contributed by atoms with E-state index in [9.17, 15) is 18.0 Å². The first-order valence-corrected chi connectivity index (χ1v) is 5.67. The molecule has 0 aliphatic carbocycles. The molecule has 1 N–H and O–H groups in total. The zero-order valence-electron chi connectivity index (χ0n) is 9.74. The lowest BCUT2D eigenvalue weighted by molar-refractivity contribution is -0.163. The Morgan fingerprint density at radius 3 is 2.33 bits per heavy atom. The van der Waals surface area contributed by atoms with E-state index < -0.39 is 24.0 Å². The van der Waals surface area contributed by atoms with Crippen molar-refractivity contribution in [2.75, 3.05) is 5.01 Å². The molecule has 1 amide bonds. The number of alkyl halides is 3. The van der Waals surface area contributed by atoms with Crippen molar-refractivity contribution in [3.8, 4) is 0 Å². The van der Waals surface area contributed by atoms with Gasteiger partial charge in [-0.15, -0.1) is 0 Å². The summed E-state index contributed by atoms with van der Waals surface area (Å²) in [6.45, 7) is 1.58. The highest BCUT2D eigenvalue weighted by molar-refractivity contribution is 5.96. The van der Waals surface area contributed by atoms with Crippen LogP contribution in [0.1, 0.15) is 13.3 Å². The minimum atomic E-state index is -4.43.